The summed E-state index contributed by atoms with van der Waals surface area (Å²) in [7, 11) is 0. The minimum absolute atomic E-state index is 0.0226. The Morgan fingerprint density at radius 2 is 2.00 bits per heavy atom. The minimum atomic E-state index is 0.0226. The molecule has 0 aliphatic heterocycles. The standard InChI is InChI=1S/C18H22N4OS/c1-11(2)13(4)19-17(23)10-24-18-21-20-16-9-12(3)14-7-5-6-8-15(14)22(16)18/h5-9,11,13H,10H2,1-4H3,(H,19,23). The number of thioether (sulfide) groups is 1. The summed E-state index contributed by atoms with van der Waals surface area (Å²) >= 11 is 1.42. The van der Waals surface area contributed by atoms with Crippen molar-refractivity contribution in [1.82, 2.24) is 19.9 Å². The Hall–Kier alpha value is -2.08. The molecule has 126 valence electrons. The summed E-state index contributed by atoms with van der Waals surface area (Å²) in [4.78, 5) is 12.1. The van der Waals surface area contributed by atoms with E-state index >= 15 is 0 Å². The number of para-hydroxylation sites is 1. The third-order valence-electron chi connectivity index (χ3n) is 4.29. The minimum Gasteiger partial charge on any atom is -0.353 e. The van der Waals surface area contributed by atoms with Crippen LogP contribution in [0.2, 0.25) is 0 Å². The van der Waals surface area contributed by atoms with Crippen molar-refractivity contribution in [1.29, 1.82) is 0 Å². The average molecular weight is 342 g/mol. The molecule has 0 radical (unpaired) electrons. The molecule has 1 unspecified atom stereocenters. The Labute approximate surface area is 145 Å². The number of hydrogen-bond donors (Lipinski definition) is 1. The number of carbonyl (C=O) groups is 1. The smallest absolute Gasteiger partial charge is 0.230 e. The van der Waals surface area contributed by atoms with Crippen molar-refractivity contribution in [3.05, 3.63) is 35.9 Å². The summed E-state index contributed by atoms with van der Waals surface area (Å²) in [6, 6.07) is 10.4. The van der Waals surface area contributed by atoms with Gasteiger partial charge in [0.25, 0.3) is 0 Å². The number of aromatic nitrogens is 3. The summed E-state index contributed by atoms with van der Waals surface area (Å²) in [5.74, 6) is 0.772. The van der Waals surface area contributed by atoms with E-state index in [4.69, 9.17) is 0 Å². The lowest BCUT2D eigenvalue weighted by Crippen LogP contribution is -2.37. The van der Waals surface area contributed by atoms with Gasteiger partial charge in [-0.3, -0.25) is 9.20 Å². The summed E-state index contributed by atoms with van der Waals surface area (Å²) in [6.45, 7) is 8.29. The molecule has 1 amide bonds. The molecule has 0 aliphatic carbocycles. The van der Waals surface area contributed by atoms with Crippen molar-refractivity contribution in [2.75, 3.05) is 5.75 Å². The molecule has 0 bridgehead atoms. The van der Waals surface area contributed by atoms with Crippen LogP contribution < -0.4 is 5.32 Å². The zero-order valence-electron chi connectivity index (χ0n) is 14.4. The van der Waals surface area contributed by atoms with Crippen LogP contribution in [-0.2, 0) is 4.79 Å². The second kappa shape index (κ2) is 6.81. The highest BCUT2D eigenvalue weighted by Gasteiger charge is 2.15. The first-order chi connectivity index (χ1) is 11.5. The Balaban J connectivity index is 1.86. The lowest BCUT2D eigenvalue weighted by atomic mass is 10.1. The summed E-state index contributed by atoms with van der Waals surface area (Å²) in [6.07, 6.45) is 0. The molecule has 0 spiro atoms. The Bertz CT molecular complexity index is 887. The quantitative estimate of drug-likeness (QED) is 0.722. The van der Waals surface area contributed by atoms with E-state index in [2.05, 4.69) is 48.4 Å². The van der Waals surface area contributed by atoms with Crippen LogP contribution in [-0.4, -0.2) is 32.3 Å². The van der Waals surface area contributed by atoms with Crippen LogP contribution in [0.4, 0.5) is 0 Å². The van der Waals surface area contributed by atoms with Crippen LogP contribution in [0.3, 0.4) is 0 Å². The Morgan fingerprint density at radius 3 is 2.75 bits per heavy atom. The third kappa shape index (κ3) is 3.24. The number of nitrogens with zero attached hydrogens (tertiary/aromatic N) is 3. The van der Waals surface area contributed by atoms with Gasteiger partial charge in [-0.2, -0.15) is 0 Å². The molecule has 1 N–H and O–H groups in total. The van der Waals surface area contributed by atoms with E-state index in [9.17, 15) is 4.79 Å². The van der Waals surface area contributed by atoms with E-state index in [1.165, 1.54) is 22.7 Å². The van der Waals surface area contributed by atoms with E-state index in [1.807, 2.05) is 29.5 Å². The van der Waals surface area contributed by atoms with Gasteiger partial charge in [-0.1, -0.05) is 43.8 Å². The van der Waals surface area contributed by atoms with Crippen LogP contribution in [0.15, 0.2) is 35.5 Å². The summed E-state index contributed by atoms with van der Waals surface area (Å²) in [5.41, 5.74) is 3.05. The molecule has 1 atom stereocenters. The van der Waals surface area contributed by atoms with Crippen molar-refractivity contribution >= 4 is 34.2 Å². The van der Waals surface area contributed by atoms with Gasteiger partial charge in [0, 0.05) is 11.4 Å². The maximum atomic E-state index is 12.1. The number of amides is 1. The van der Waals surface area contributed by atoms with Crippen LogP contribution in [0.5, 0.6) is 0 Å². The fourth-order valence-electron chi connectivity index (χ4n) is 2.56. The molecule has 0 aliphatic rings. The van der Waals surface area contributed by atoms with Gasteiger partial charge >= 0.3 is 0 Å². The molecule has 0 saturated carbocycles. The molecule has 3 aromatic rings. The summed E-state index contributed by atoms with van der Waals surface area (Å²) in [5, 5.41) is 13.5. The van der Waals surface area contributed by atoms with E-state index < -0.39 is 0 Å². The number of pyridine rings is 1. The number of rotatable bonds is 5. The van der Waals surface area contributed by atoms with Crippen LogP contribution in [0, 0.1) is 12.8 Å². The first kappa shape index (κ1) is 16.8. The monoisotopic (exact) mass is 342 g/mol. The molecular formula is C18H22N4OS. The van der Waals surface area contributed by atoms with Crippen molar-refractivity contribution < 1.29 is 4.79 Å². The number of aryl methyl sites for hydroxylation is 1. The van der Waals surface area contributed by atoms with Gasteiger partial charge in [0.2, 0.25) is 5.91 Å². The Morgan fingerprint density at radius 1 is 1.25 bits per heavy atom. The van der Waals surface area contributed by atoms with Gasteiger partial charge in [0.05, 0.1) is 11.3 Å². The van der Waals surface area contributed by atoms with E-state index in [-0.39, 0.29) is 11.9 Å². The molecule has 3 rings (SSSR count). The van der Waals surface area contributed by atoms with E-state index in [0.29, 0.717) is 11.7 Å². The molecule has 2 heterocycles. The fourth-order valence-corrected chi connectivity index (χ4v) is 3.32. The lowest BCUT2D eigenvalue weighted by Gasteiger charge is -2.17. The second-order valence-corrected chi connectivity index (χ2v) is 7.35. The molecule has 0 saturated heterocycles. The molecule has 5 nitrogen and oxygen atoms in total. The van der Waals surface area contributed by atoms with Crippen molar-refractivity contribution in [3.63, 3.8) is 0 Å². The fraction of sp³-hybridized carbons (Fsp3) is 0.389. The highest BCUT2D eigenvalue weighted by atomic mass is 32.2. The Kier molecular flexibility index (Phi) is 4.76. The predicted octanol–water partition coefficient (Wildman–Crippen LogP) is 3.44. The van der Waals surface area contributed by atoms with Crippen LogP contribution >= 0.6 is 11.8 Å². The molecule has 6 heteroatoms. The second-order valence-electron chi connectivity index (χ2n) is 6.41. The molecule has 1 aromatic carbocycles. The van der Waals surface area contributed by atoms with Crippen LogP contribution in [0.1, 0.15) is 26.3 Å². The average Bonchev–Trinajstić information content (AvgIpc) is 2.96. The maximum Gasteiger partial charge on any atom is 0.230 e. The van der Waals surface area contributed by atoms with Gasteiger partial charge in [-0.25, -0.2) is 0 Å². The van der Waals surface area contributed by atoms with Gasteiger partial charge in [-0.15, -0.1) is 10.2 Å². The zero-order valence-corrected chi connectivity index (χ0v) is 15.2. The highest BCUT2D eigenvalue weighted by Crippen LogP contribution is 2.25. The number of benzene rings is 1. The molecule has 2 aromatic heterocycles. The highest BCUT2D eigenvalue weighted by molar-refractivity contribution is 7.99. The predicted molar refractivity (Wildman–Crippen MR) is 98.4 cm³/mol. The van der Waals surface area contributed by atoms with Gasteiger partial charge in [-0.05, 0) is 37.5 Å². The normalized spacial score (nSPS) is 12.9. The number of fused-ring (bicyclic) bond motifs is 3. The topological polar surface area (TPSA) is 59.3 Å². The first-order valence-corrected chi connectivity index (χ1v) is 9.11. The number of nitrogens with one attached hydrogen (secondary N) is 1. The largest absolute Gasteiger partial charge is 0.353 e. The summed E-state index contributed by atoms with van der Waals surface area (Å²) < 4.78 is 2.02. The molecular weight excluding hydrogens is 320 g/mol. The van der Waals surface area contributed by atoms with Gasteiger partial charge in [0.15, 0.2) is 10.8 Å². The number of carbonyl (C=O) groups excluding carboxylic acids is 1. The lowest BCUT2D eigenvalue weighted by molar-refractivity contribution is -0.119. The van der Waals surface area contributed by atoms with Gasteiger partial charge in [0.1, 0.15) is 0 Å². The van der Waals surface area contributed by atoms with E-state index in [1.54, 1.807) is 0 Å². The maximum absolute atomic E-state index is 12.1. The van der Waals surface area contributed by atoms with E-state index in [0.717, 1.165) is 16.3 Å². The molecule has 24 heavy (non-hydrogen) atoms. The van der Waals surface area contributed by atoms with Crippen molar-refractivity contribution in [3.8, 4) is 0 Å². The van der Waals surface area contributed by atoms with Crippen molar-refractivity contribution in [2.45, 2.75) is 38.9 Å². The number of hydrogen-bond acceptors (Lipinski definition) is 4. The SMILES string of the molecule is Cc1cc2nnc(SCC(=O)NC(C)C(C)C)n2c2ccccc12. The van der Waals surface area contributed by atoms with Gasteiger partial charge < -0.3 is 5.32 Å². The molecule has 0 fully saturated rings. The first-order valence-electron chi connectivity index (χ1n) is 8.13. The van der Waals surface area contributed by atoms with Crippen LogP contribution in [0.25, 0.3) is 16.6 Å². The third-order valence-corrected chi connectivity index (χ3v) is 5.22. The van der Waals surface area contributed by atoms with Crippen molar-refractivity contribution in [2.24, 2.45) is 5.92 Å². The zero-order chi connectivity index (χ0) is 17.3.